The monoisotopic (exact) mass is 369 g/mol. The van der Waals surface area contributed by atoms with Gasteiger partial charge in [0.2, 0.25) is 0 Å². The van der Waals surface area contributed by atoms with E-state index in [0.717, 1.165) is 24.2 Å². The Kier molecular flexibility index (Phi) is 5.39. The molecule has 3 rings (SSSR count). The minimum atomic E-state index is -0.315. The van der Waals surface area contributed by atoms with Crippen molar-refractivity contribution in [2.75, 3.05) is 0 Å². The average Bonchev–Trinajstić information content (AvgIpc) is 3.18. The first-order valence-corrected chi connectivity index (χ1v) is 9.06. The highest BCUT2D eigenvalue weighted by Gasteiger charge is 2.19. The molecule has 1 atom stereocenters. The van der Waals surface area contributed by atoms with Crippen LogP contribution in [-0.4, -0.2) is 25.5 Å². The van der Waals surface area contributed by atoms with Crippen molar-refractivity contribution in [2.24, 2.45) is 0 Å². The van der Waals surface area contributed by atoms with E-state index in [2.05, 4.69) is 22.4 Å². The molecule has 0 unspecified atom stereocenters. The van der Waals surface area contributed by atoms with E-state index in [1.807, 2.05) is 20.8 Å². The van der Waals surface area contributed by atoms with Gasteiger partial charge in [-0.15, -0.1) is 0 Å². The molecule has 27 heavy (non-hydrogen) atoms. The van der Waals surface area contributed by atoms with Crippen LogP contribution in [0.1, 0.15) is 53.6 Å². The maximum atomic E-state index is 13.5. The minimum Gasteiger partial charge on any atom is -0.345 e. The van der Waals surface area contributed by atoms with Crippen molar-refractivity contribution in [1.82, 2.24) is 24.9 Å². The largest absolute Gasteiger partial charge is 0.345 e. The number of carbonyl (C=O) groups excluding carboxylic acids is 1. The van der Waals surface area contributed by atoms with Gasteiger partial charge in [-0.3, -0.25) is 9.48 Å². The van der Waals surface area contributed by atoms with Crippen LogP contribution in [0.2, 0.25) is 0 Å². The smallest absolute Gasteiger partial charge is 0.255 e. The topological polar surface area (TPSA) is 64.7 Å². The van der Waals surface area contributed by atoms with Gasteiger partial charge in [-0.2, -0.15) is 10.2 Å². The van der Waals surface area contributed by atoms with Crippen molar-refractivity contribution in [2.45, 2.75) is 46.7 Å². The third-order valence-electron chi connectivity index (χ3n) is 4.56. The number of carbonyl (C=O) groups is 1. The fraction of sp³-hybridized carbons (Fsp3) is 0.350. The van der Waals surface area contributed by atoms with E-state index < -0.39 is 0 Å². The first kappa shape index (κ1) is 18.8. The number of halogens is 1. The van der Waals surface area contributed by atoms with Crippen LogP contribution in [0.15, 0.2) is 36.7 Å². The average molecular weight is 369 g/mol. The predicted octanol–water partition coefficient (Wildman–Crippen LogP) is 3.73. The van der Waals surface area contributed by atoms with Crippen molar-refractivity contribution in [3.8, 4) is 5.69 Å². The fourth-order valence-electron chi connectivity index (χ4n) is 3.15. The van der Waals surface area contributed by atoms with E-state index >= 15 is 0 Å². The molecule has 0 aliphatic heterocycles. The molecule has 2 aromatic heterocycles. The van der Waals surface area contributed by atoms with Gasteiger partial charge in [-0.05, 0) is 45.4 Å². The van der Waals surface area contributed by atoms with Crippen molar-refractivity contribution >= 4 is 5.91 Å². The summed E-state index contributed by atoms with van der Waals surface area (Å²) in [5.74, 6) is -0.481. The maximum absolute atomic E-state index is 13.5. The van der Waals surface area contributed by atoms with E-state index in [-0.39, 0.29) is 17.8 Å². The van der Waals surface area contributed by atoms with E-state index in [9.17, 15) is 9.18 Å². The molecule has 1 amide bonds. The highest BCUT2D eigenvalue weighted by atomic mass is 19.1. The molecule has 1 N–H and O–H groups in total. The highest BCUT2D eigenvalue weighted by Crippen LogP contribution is 2.21. The van der Waals surface area contributed by atoms with Crippen LogP contribution in [-0.2, 0) is 6.54 Å². The van der Waals surface area contributed by atoms with Gasteiger partial charge in [-0.1, -0.05) is 13.0 Å². The lowest BCUT2D eigenvalue weighted by Gasteiger charge is -2.14. The maximum Gasteiger partial charge on any atom is 0.255 e. The van der Waals surface area contributed by atoms with Gasteiger partial charge in [0, 0.05) is 24.0 Å². The lowest BCUT2D eigenvalue weighted by molar-refractivity contribution is 0.0939. The number of hydrogen-bond donors (Lipinski definition) is 1. The number of aryl methyl sites for hydroxylation is 2. The Morgan fingerprint density at radius 1 is 1.33 bits per heavy atom. The molecular formula is C20H24FN5O. The van der Waals surface area contributed by atoms with Gasteiger partial charge < -0.3 is 5.32 Å². The summed E-state index contributed by atoms with van der Waals surface area (Å²) in [7, 11) is 0. The first-order chi connectivity index (χ1) is 12.9. The minimum absolute atomic E-state index is 0.166. The van der Waals surface area contributed by atoms with E-state index in [1.54, 1.807) is 33.9 Å². The summed E-state index contributed by atoms with van der Waals surface area (Å²) < 4.78 is 17.0. The number of amides is 1. The molecule has 6 nitrogen and oxygen atoms in total. The Labute approximate surface area is 158 Å². The van der Waals surface area contributed by atoms with Crippen LogP contribution >= 0.6 is 0 Å². The fourth-order valence-corrected chi connectivity index (χ4v) is 3.15. The summed E-state index contributed by atoms with van der Waals surface area (Å²) in [6.45, 7) is 8.49. The molecule has 0 aliphatic carbocycles. The zero-order valence-electron chi connectivity index (χ0n) is 16.0. The Hall–Kier alpha value is -2.96. The molecule has 142 valence electrons. The van der Waals surface area contributed by atoms with Crippen LogP contribution < -0.4 is 5.32 Å². The summed E-state index contributed by atoms with van der Waals surface area (Å²) in [5.41, 5.74) is 3.66. The van der Waals surface area contributed by atoms with Gasteiger partial charge in [0.25, 0.3) is 5.91 Å². The van der Waals surface area contributed by atoms with E-state index in [1.165, 1.54) is 12.1 Å². The van der Waals surface area contributed by atoms with Crippen molar-refractivity contribution < 1.29 is 9.18 Å². The molecule has 0 aliphatic rings. The van der Waals surface area contributed by atoms with Crippen molar-refractivity contribution in [1.29, 1.82) is 0 Å². The van der Waals surface area contributed by atoms with Gasteiger partial charge in [0.1, 0.15) is 5.82 Å². The Balaban J connectivity index is 1.79. The number of rotatable bonds is 6. The van der Waals surface area contributed by atoms with Crippen LogP contribution in [0.3, 0.4) is 0 Å². The quantitative estimate of drug-likeness (QED) is 0.720. The van der Waals surface area contributed by atoms with E-state index in [0.29, 0.717) is 16.9 Å². The van der Waals surface area contributed by atoms with Crippen LogP contribution in [0.5, 0.6) is 0 Å². The van der Waals surface area contributed by atoms with Gasteiger partial charge in [0.15, 0.2) is 0 Å². The molecule has 2 heterocycles. The lowest BCUT2D eigenvalue weighted by atomic mass is 10.1. The molecule has 1 aromatic carbocycles. The second kappa shape index (κ2) is 7.73. The number of aromatic nitrogens is 4. The number of hydrogen-bond acceptors (Lipinski definition) is 3. The third-order valence-corrected chi connectivity index (χ3v) is 4.56. The molecule has 0 radical (unpaired) electrons. The Morgan fingerprint density at radius 2 is 2.11 bits per heavy atom. The predicted molar refractivity (Wildman–Crippen MR) is 101 cm³/mol. The molecule has 0 bridgehead atoms. The molecular weight excluding hydrogens is 345 g/mol. The summed E-state index contributed by atoms with van der Waals surface area (Å²) in [6.07, 6.45) is 4.44. The SMILES string of the molecule is CCCn1cc(C(=O)N[C@H](C)c2cnn(-c3cccc(F)c3)c2C)c(C)n1. The lowest BCUT2D eigenvalue weighted by Crippen LogP contribution is -2.27. The van der Waals surface area contributed by atoms with Gasteiger partial charge in [-0.25, -0.2) is 9.07 Å². The molecule has 3 aromatic rings. The summed E-state index contributed by atoms with van der Waals surface area (Å²) >= 11 is 0. The summed E-state index contributed by atoms with van der Waals surface area (Å²) in [4.78, 5) is 12.7. The molecule has 7 heteroatoms. The summed E-state index contributed by atoms with van der Waals surface area (Å²) in [5, 5.41) is 11.7. The van der Waals surface area contributed by atoms with Crippen LogP contribution in [0.25, 0.3) is 5.69 Å². The standard InChI is InChI=1S/C20H24FN5O/c1-5-9-25-12-19(14(3)24-25)20(27)23-13(2)18-11-22-26(15(18)4)17-8-6-7-16(21)10-17/h6-8,10-13H,5,9H2,1-4H3,(H,23,27)/t13-/m1/s1. The summed E-state index contributed by atoms with van der Waals surface area (Å²) in [6, 6.07) is 6.02. The second-order valence-corrected chi connectivity index (χ2v) is 6.66. The zero-order valence-corrected chi connectivity index (χ0v) is 16.0. The Bertz CT molecular complexity index is 959. The molecule has 0 fully saturated rings. The number of nitrogens with one attached hydrogen (secondary N) is 1. The number of benzene rings is 1. The van der Waals surface area contributed by atoms with Crippen molar-refractivity contribution in [3.05, 3.63) is 65.0 Å². The second-order valence-electron chi connectivity index (χ2n) is 6.66. The third kappa shape index (κ3) is 3.92. The molecule has 0 saturated carbocycles. The molecule has 0 spiro atoms. The zero-order chi connectivity index (χ0) is 19.6. The van der Waals surface area contributed by atoms with Crippen LogP contribution in [0, 0.1) is 19.7 Å². The van der Waals surface area contributed by atoms with Gasteiger partial charge >= 0.3 is 0 Å². The molecule has 0 saturated heterocycles. The first-order valence-electron chi connectivity index (χ1n) is 9.06. The Morgan fingerprint density at radius 3 is 2.81 bits per heavy atom. The highest BCUT2D eigenvalue weighted by molar-refractivity contribution is 5.95. The normalized spacial score (nSPS) is 12.2. The van der Waals surface area contributed by atoms with Crippen LogP contribution in [0.4, 0.5) is 4.39 Å². The van der Waals surface area contributed by atoms with E-state index in [4.69, 9.17) is 0 Å². The van der Waals surface area contributed by atoms with Crippen molar-refractivity contribution in [3.63, 3.8) is 0 Å². The number of nitrogens with zero attached hydrogens (tertiary/aromatic N) is 4. The van der Waals surface area contributed by atoms with Gasteiger partial charge in [0.05, 0.1) is 29.2 Å².